The average Bonchev–Trinajstić information content (AvgIpc) is 2.33. The number of aromatic nitrogens is 1. The fourth-order valence-corrected chi connectivity index (χ4v) is 1.69. The summed E-state index contributed by atoms with van der Waals surface area (Å²) < 4.78 is 7.43. The largest absolute Gasteiger partial charge is 1.00 e. The van der Waals surface area contributed by atoms with E-state index in [1.54, 1.807) is 7.11 Å². The van der Waals surface area contributed by atoms with Crippen LogP contribution in [0.2, 0.25) is 0 Å². The van der Waals surface area contributed by atoms with Crippen molar-refractivity contribution in [3.8, 4) is 5.75 Å². The van der Waals surface area contributed by atoms with E-state index in [0.717, 1.165) is 17.9 Å². The van der Waals surface area contributed by atoms with Gasteiger partial charge in [0.15, 0.2) is 18.5 Å². The van der Waals surface area contributed by atoms with Gasteiger partial charge in [0.1, 0.15) is 0 Å². The van der Waals surface area contributed by atoms with Gasteiger partial charge in [-0.3, -0.25) is 0 Å². The van der Waals surface area contributed by atoms with E-state index >= 15 is 0 Å². The van der Waals surface area contributed by atoms with Gasteiger partial charge in [0.05, 0.1) is 7.11 Å². The fourth-order valence-electron chi connectivity index (χ4n) is 1.69. The molecule has 0 saturated heterocycles. The second-order valence-corrected chi connectivity index (χ2v) is 3.85. The Hall–Kier alpha value is -1.54. The first kappa shape index (κ1) is 13.5. The highest BCUT2D eigenvalue weighted by molar-refractivity contribution is 5.25. The standard InChI is InChI=1S/C14H16NO.ClH/c1-12-8-9-15(11-14(12)16-2)10-13-6-4-3-5-7-13;/h3-9,11H,10H2,1-2H3;1H/q+1;/p-1. The summed E-state index contributed by atoms with van der Waals surface area (Å²) in [6.07, 6.45) is 4.10. The maximum Gasteiger partial charge on any atom is 0.211 e. The Labute approximate surface area is 108 Å². The number of aryl methyl sites for hydroxylation is 1. The molecule has 3 heteroatoms. The molecule has 0 aliphatic carbocycles. The highest BCUT2D eigenvalue weighted by atomic mass is 35.5. The Morgan fingerprint density at radius 3 is 2.47 bits per heavy atom. The third-order valence-corrected chi connectivity index (χ3v) is 2.62. The van der Waals surface area contributed by atoms with E-state index in [1.807, 2.05) is 19.2 Å². The first-order chi connectivity index (χ1) is 7.79. The lowest BCUT2D eigenvalue weighted by Gasteiger charge is -2.03. The molecule has 0 unspecified atom stereocenters. The molecule has 90 valence electrons. The van der Waals surface area contributed by atoms with Gasteiger partial charge in [0, 0.05) is 17.2 Å². The zero-order chi connectivity index (χ0) is 11.4. The van der Waals surface area contributed by atoms with Gasteiger partial charge in [0.2, 0.25) is 6.20 Å². The van der Waals surface area contributed by atoms with Crippen LogP contribution in [0.25, 0.3) is 0 Å². The van der Waals surface area contributed by atoms with Crippen LogP contribution in [0.1, 0.15) is 11.1 Å². The molecule has 0 amide bonds. The van der Waals surface area contributed by atoms with Crippen molar-refractivity contribution in [1.82, 2.24) is 0 Å². The van der Waals surface area contributed by atoms with Crippen molar-refractivity contribution >= 4 is 0 Å². The summed E-state index contributed by atoms with van der Waals surface area (Å²) in [5.41, 5.74) is 2.45. The monoisotopic (exact) mass is 249 g/mol. The van der Waals surface area contributed by atoms with Gasteiger partial charge < -0.3 is 17.1 Å². The van der Waals surface area contributed by atoms with Crippen molar-refractivity contribution in [2.24, 2.45) is 0 Å². The van der Waals surface area contributed by atoms with E-state index in [1.165, 1.54) is 5.56 Å². The molecular weight excluding hydrogens is 234 g/mol. The summed E-state index contributed by atoms with van der Waals surface area (Å²) in [4.78, 5) is 0. The lowest BCUT2D eigenvalue weighted by atomic mass is 10.2. The van der Waals surface area contributed by atoms with Crippen LogP contribution in [0, 0.1) is 6.92 Å². The molecule has 0 fully saturated rings. The highest BCUT2D eigenvalue weighted by Gasteiger charge is 2.06. The number of hydrogen-bond donors (Lipinski definition) is 0. The average molecular weight is 250 g/mol. The molecule has 2 rings (SSSR count). The molecule has 0 radical (unpaired) electrons. The summed E-state index contributed by atoms with van der Waals surface area (Å²) in [6, 6.07) is 12.5. The first-order valence-corrected chi connectivity index (χ1v) is 5.37. The SMILES string of the molecule is COc1c[n+](Cc2ccccc2)ccc1C.[Cl-]. The van der Waals surface area contributed by atoms with Gasteiger partial charge in [-0.15, -0.1) is 0 Å². The van der Waals surface area contributed by atoms with Crippen molar-refractivity contribution in [1.29, 1.82) is 0 Å². The van der Waals surface area contributed by atoms with E-state index in [-0.39, 0.29) is 12.4 Å². The first-order valence-electron chi connectivity index (χ1n) is 5.37. The topological polar surface area (TPSA) is 13.1 Å². The Balaban J connectivity index is 0.00000144. The van der Waals surface area contributed by atoms with Crippen LogP contribution >= 0.6 is 0 Å². The lowest BCUT2D eigenvalue weighted by Crippen LogP contribution is -3.00. The molecule has 0 aliphatic rings. The summed E-state index contributed by atoms with van der Waals surface area (Å²) in [6.45, 7) is 2.92. The number of hydrogen-bond acceptors (Lipinski definition) is 1. The normalized spacial score (nSPS) is 9.53. The van der Waals surface area contributed by atoms with Gasteiger partial charge in [0.25, 0.3) is 0 Å². The third kappa shape index (κ3) is 3.46. The van der Waals surface area contributed by atoms with Crippen molar-refractivity contribution in [3.63, 3.8) is 0 Å². The molecule has 1 heterocycles. The van der Waals surface area contributed by atoms with Crippen LogP contribution in [-0.2, 0) is 6.54 Å². The number of methoxy groups -OCH3 is 1. The van der Waals surface area contributed by atoms with Gasteiger partial charge in [-0.25, -0.2) is 0 Å². The summed E-state index contributed by atoms with van der Waals surface area (Å²) in [5.74, 6) is 0.929. The van der Waals surface area contributed by atoms with E-state index < -0.39 is 0 Å². The number of halogens is 1. The Kier molecular flexibility index (Phi) is 4.98. The maximum atomic E-state index is 5.30. The van der Waals surface area contributed by atoms with E-state index in [4.69, 9.17) is 4.74 Å². The smallest absolute Gasteiger partial charge is 0.211 e. The minimum atomic E-state index is 0. The minimum Gasteiger partial charge on any atom is -1.00 e. The number of ether oxygens (including phenoxy) is 1. The highest BCUT2D eigenvalue weighted by Crippen LogP contribution is 2.12. The van der Waals surface area contributed by atoms with Crippen LogP contribution in [0.15, 0.2) is 48.8 Å². The quantitative estimate of drug-likeness (QED) is 0.659. The van der Waals surface area contributed by atoms with Gasteiger partial charge in [-0.05, 0) is 6.92 Å². The zero-order valence-electron chi connectivity index (χ0n) is 10.1. The molecule has 0 N–H and O–H groups in total. The van der Waals surface area contributed by atoms with Crippen LogP contribution in [-0.4, -0.2) is 7.11 Å². The summed E-state index contributed by atoms with van der Waals surface area (Å²) >= 11 is 0. The predicted molar refractivity (Wildman–Crippen MR) is 63.5 cm³/mol. The van der Waals surface area contributed by atoms with E-state index in [9.17, 15) is 0 Å². The summed E-state index contributed by atoms with van der Waals surface area (Å²) in [7, 11) is 1.70. The van der Waals surface area contributed by atoms with E-state index in [0.29, 0.717) is 0 Å². The molecule has 17 heavy (non-hydrogen) atoms. The van der Waals surface area contributed by atoms with E-state index in [2.05, 4.69) is 41.1 Å². The molecule has 0 saturated carbocycles. The number of rotatable bonds is 3. The van der Waals surface area contributed by atoms with Crippen molar-refractivity contribution in [2.45, 2.75) is 13.5 Å². The molecule has 0 spiro atoms. The number of benzene rings is 1. The molecule has 2 nitrogen and oxygen atoms in total. The maximum absolute atomic E-state index is 5.30. The molecule has 2 aromatic rings. The molecule has 1 aromatic carbocycles. The zero-order valence-corrected chi connectivity index (χ0v) is 10.8. The van der Waals surface area contributed by atoms with Crippen LogP contribution < -0.4 is 21.7 Å². The molecular formula is C14H16ClNO. The number of pyridine rings is 1. The van der Waals surface area contributed by atoms with Gasteiger partial charge in [-0.2, -0.15) is 4.57 Å². The lowest BCUT2D eigenvalue weighted by molar-refractivity contribution is -0.688. The summed E-state index contributed by atoms with van der Waals surface area (Å²) in [5, 5.41) is 0. The molecule has 0 aliphatic heterocycles. The molecule has 1 aromatic heterocycles. The Morgan fingerprint density at radius 1 is 1.12 bits per heavy atom. The molecule has 0 bridgehead atoms. The van der Waals surface area contributed by atoms with Crippen LogP contribution in [0.3, 0.4) is 0 Å². The second-order valence-electron chi connectivity index (χ2n) is 3.85. The predicted octanol–water partition coefficient (Wildman–Crippen LogP) is -0.657. The van der Waals surface area contributed by atoms with Gasteiger partial charge >= 0.3 is 0 Å². The Morgan fingerprint density at radius 2 is 1.82 bits per heavy atom. The van der Waals surface area contributed by atoms with Crippen molar-refractivity contribution < 1.29 is 21.7 Å². The van der Waals surface area contributed by atoms with Crippen molar-refractivity contribution in [2.75, 3.05) is 7.11 Å². The van der Waals surface area contributed by atoms with Crippen LogP contribution in [0.4, 0.5) is 0 Å². The van der Waals surface area contributed by atoms with Gasteiger partial charge in [-0.1, -0.05) is 30.3 Å². The minimum absolute atomic E-state index is 0. The molecule has 0 atom stereocenters. The van der Waals surface area contributed by atoms with Crippen molar-refractivity contribution in [3.05, 3.63) is 59.9 Å². The fraction of sp³-hybridized carbons (Fsp3) is 0.214. The van der Waals surface area contributed by atoms with Crippen LogP contribution in [0.5, 0.6) is 5.75 Å². The Bertz CT molecular complexity index is 471. The third-order valence-electron chi connectivity index (χ3n) is 2.62. The second kappa shape index (κ2) is 6.26. The number of nitrogens with zero attached hydrogens (tertiary/aromatic N) is 1.